The number of rotatable bonds is 20. The summed E-state index contributed by atoms with van der Waals surface area (Å²) in [6, 6.07) is 2.03. The predicted octanol–water partition coefficient (Wildman–Crippen LogP) is 10.3. The Bertz CT molecular complexity index is 1390. The van der Waals surface area contributed by atoms with Crippen LogP contribution < -0.4 is 15.5 Å². The third-order valence-corrected chi connectivity index (χ3v) is 7.43. The van der Waals surface area contributed by atoms with Crippen LogP contribution in [0.5, 0.6) is 0 Å². The first-order valence-corrected chi connectivity index (χ1v) is 16.3. The Hall–Kier alpha value is -4.06. The Morgan fingerprint density at radius 1 is 1.00 bits per heavy atom. The summed E-state index contributed by atoms with van der Waals surface area (Å²) in [5.41, 5.74) is 4.74. The molecule has 0 spiro atoms. The standard InChI is InChI=1S/C38H55N5O/c1-10-17-19-22-30(15-6)34-28-33-36(44-34)37(43(25-13-4)26-20-18-11-2)42-38(40-33)41-35(39-9)27-31(16-7)32(21-12-3)24-23-29(8)14-5/h10,12,16-17,19,21-24,27-29,39H,1,3,11,13-15,18,20,25-26H2,2,4-9H3,(H,40,41,42)/b19-17-,24-23-,30-22+,31-16+,32-21?,35-27+. The van der Waals surface area contributed by atoms with Crippen molar-refractivity contribution < 1.29 is 4.42 Å². The zero-order valence-corrected chi connectivity index (χ0v) is 28.2. The lowest BCUT2D eigenvalue weighted by atomic mass is 10.0. The van der Waals surface area contributed by atoms with E-state index >= 15 is 0 Å². The van der Waals surface area contributed by atoms with Crippen LogP contribution in [0.4, 0.5) is 11.8 Å². The van der Waals surface area contributed by atoms with Gasteiger partial charge in [-0.25, -0.2) is 4.98 Å². The zero-order chi connectivity index (χ0) is 32.3. The number of hydrogen-bond acceptors (Lipinski definition) is 6. The number of allylic oxidation sites excluding steroid dienone is 13. The monoisotopic (exact) mass is 597 g/mol. The zero-order valence-electron chi connectivity index (χ0n) is 28.2. The molecule has 0 aliphatic carbocycles. The normalized spacial score (nSPS) is 14.1. The molecule has 6 heteroatoms. The summed E-state index contributed by atoms with van der Waals surface area (Å²) in [5, 5.41) is 6.77. The molecule has 0 saturated carbocycles. The van der Waals surface area contributed by atoms with Gasteiger partial charge in [0.1, 0.15) is 17.1 Å². The quantitative estimate of drug-likeness (QED) is 0.117. The van der Waals surface area contributed by atoms with Crippen LogP contribution in [0.2, 0.25) is 0 Å². The summed E-state index contributed by atoms with van der Waals surface area (Å²) < 4.78 is 6.51. The van der Waals surface area contributed by atoms with Gasteiger partial charge < -0.3 is 20.0 Å². The van der Waals surface area contributed by atoms with Crippen molar-refractivity contribution in [2.45, 2.75) is 80.1 Å². The molecule has 0 radical (unpaired) electrons. The van der Waals surface area contributed by atoms with E-state index in [0.29, 0.717) is 11.9 Å². The van der Waals surface area contributed by atoms with Crippen LogP contribution >= 0.6 is 0 Å². The summed E-state index contributed by atoms with van der Waals surface area (Å²) in [7, 11) is 1.90. The molecule has 0 amide bonds. The minimum Gasteiger partial charge on any atom is -0.451 e. The van der Waals surface area contributed by atoms with Gasteiger partial charge in [0.2, 0.25) is 5.95 Å². The molecule has 44 heavy (non-hydrogen) atoms. The Morgan fingerprint density at radius 2 is 1.80 bits per heavy atom. The van der Waals surface area contributed by atoms with Crippen molar-refractivity contribution in [1.82, 2.24) is 15.3 Å². The molecule has 1 atom stereocenters. The number of unbranched alkanes of at least 4 members (excludes halogenated alkanes) is 2. The molecule has 0 bridgehead atoms. The van der Waals surface area contributed by atoms with Gasteiger partial charge in [-0.2, -0.15) is 4.98 Å². The maximum absolute atomic E-state index is 6.51. The van der Waals surface area contributed by atoms with E-state index in [-0.39, 0.29) is 0 Å². The fourth-order valence-electron chi connectivity index (χ4n) is 4.67. The second-order valence-electron chi connectivity index (χ2n) is 10.8. The summed E-state index contributed by atoms with van der Waals surface area (Å²) in [4.78, 5) is 12.3. The fourth-order valence-corrected chi connectivity index (χ4v) is 4.67. The minimum absolute atomic E-state index is 0.495. The van der Waals surface area contributed by atoms with Gasteiger partial charge >= 0.3 is 0 Å². The predicted molar refractivity (Wildman–Crippen MR) is 193 cm³/mol. The van der Waals surface area contributed by atoms with Gasteiger partial charge in [-0.05, 0) is 54.9 Å². The van der Waals surface area contributed by atoms with Crippen molar-refractivity contribution in [3.05, 3.63) is 103 Å². The molecule has 0 aliphatic heterocycles. The summed E-state index contributed by atoms with van der Waals surface area (Å²) in [6.07, 6.45) is 26.6. The molecule has 1 unspecified atom stereocenters. The van der Waals surface area contributed by atoms with Crippen LogP contribution in [0.1, 0.15) is 85.8 Å². The van der Waals surface area contributed by atoms with Gasteiger partial charge in [-0.1, -0.05) is 122 Å². The van der Waals surface area contributed by atoms with Crippen molar-refractivity contribution >= 4 is 28.4 Å². The first-order chi connectivity index (χ1) is 21.4. The van der Waals surface area contributed by atoms with E-state index in [2.05, 4.69) is 93.7 Å². The van der Waals surface area contributed by atoms with Gasteiger partial charge in [0.25, 0.3) is 0 Å². The van der Waals surface area contributed by atoms with Crippen LogP contribution in [0.3, 0.4) is 0 Å². The number of anilines is 2. The van der Waals surface area contributed by atoms with E-state index in [4.69, 9.17) is 14.4 Å². The molecule has 0 aliphatic rings. The number of hydrogen-bond donors (Lipinski definition) is 2. The number of nitrogens with zero attached hydrogens (tertiary/aromatic N) is 3. The van der Waals surface area contributed by atoms with E-state index in [9.17, 15) is 0 Å². The first kappa shape index (κ1) is 36.1. The van der Waals surface area contributed by atoms with Gasteiger partial charge in [0.15, 0.2) is 11.4 Å². The number of nitrogens with one attached hydrogen (secondary N) is 2. The summed E-state index contributed by atoms with van der Waals surface area (Å²) in [5.74, 6) is 3.43. The smallest absolute Gasteiger partial charge is 0.231 e. The highest BCUT2D eigenvalue weighted by Crippen LogP contribution is 2.33. The Morgan fingerprint density at radius 3 is 2.41 bits per heavy atom. The SMILES string of the molecule is C=CC=C(/C=C\C(C)CC)C(/C=C(\NC)Nc1nc(N(CCC)CCCCC)c2oc(/C(=C/C=C\C=C)CC)cc2n1)=C/C. The highest BCUT2D eigenvalue weighted by Gasteiger charge is 2.20. The van der Waals surface area contributed by atoms with E-state index in [1.54, 1.807) is 6.08 Å². The van der Waals surface area contributed by atoms with E-state index < -0.39 is 0 Å². The summed E-state index contributed by atoms with van der Waals surface area (Å²) >= 11 is 0. The van der Waals surface area contributed by atoms with E-state index in [1.807, 2.05) is 44.3 Å². The van der Waals surface area contributed by atoms with Gasteiger partial charge in [0.05, 0.1) is 0 Å². The van der Waals surface area contributed by atoms with Crippen molar-refractivity contribution in [3.8, 4) is 0 Å². The highest BCUT2D eigenvalue weighted by atomic mass is 16.3. The molecule has 2 heterocycles. The molecule has 2 aromatic rings. The molecule has 2 aromatic heterocycles. The van der Waals surface area contributed by atoms with E-state index in [0.717, 1.165) is 90.4 Å². The lowest BCUT2D eigenvalue weighted by molar-refractivity contribution is 0.589. The molecule has 0 aromatic carbocycles. The maximum atomic E-state index is 6.51. The third-order valence-electron chi connectivity index (χ3n) is 7.43. The third kappa shape index (κ3) is 10.9. The maximum Gasteiger partial charge on any atom is 0.231 e. The van der Waals surface area contributed by atoms with Crippen LogP contribution in [0.25, 0.3) is 16.7 Å². The first-order valence-electron chi connectivity index (χ1n) is 16.3. The largest absolute Gasteiger partial charge is 0.451 e. The molecular formula is C38H55N5O. The Balaban J connectivity index is 2.66. The highest BCUT2D eigenvalue weighted by molar-refractivity contribution is 5.88. The van der Waals surface area contributed by atoms with Crippen molar-refractivity contribution in [2.24, 2.45) is 5.92 Å². The number of fused-ring (bicyclic) bond motifs is 1. The van der Waals surface area contributed by atoms with Crippen molar-refractivity contribution in [2.75, 3.05) is 30.4 Å². The van der Waals surface area contributed by atoms with Crippen LogP contribution in [0.15, 0.2) is 101 Å². The van der Waals surface area contributed by atoms with E-state index in [1.165, 1.54) is 6.42 Å². The average Bonchev–Trinajstić information content (AvgIpc) is 3.46. The molecule has 6 nitrogen and oxygen atoms in total. The molecule has 2 N–H and O–H groups in total. The molecule has 0 fully saturated rings. The second kappa shape index (κ2) is 20.0. The van der Waals surface area contributed by atoms with Crippen molar-refractivity contribution in [1.29, 1.82) is 0 Å². The second-order valence-corrected chi connectivity index (χ2v) is 10.8. The van der Waals surface area contributed by atoms with Crippen molar-refractivity contribution in [3.63, 3.8) is 0 Å². The minimum atomic E-state index is 0.495. The molecule has 0 saturated heterocycles. The Kier molecular flexibility index (Phi) is 16.4. The van der Waals surface area contributed by atoms with Gasteiger partial charge in [-0.3, -0.25) is 0 Å². The molecule has 238 valence electrons. The Labute approximate surface area is 266 Å². The van der Waals surface area contributed by atoms with Gasteiger partial charge in [0, 0.05) is 26.2 Å². The number of aromatic nitrogens is 2. The lowest BCUT2D eigenvalue weighted by Gasteiger charge is -2.24. The summed E-state index contributed by atoms with van der Waals surface area (Å²) in [6.45, 7) is 22.5. The molecular weight excluding hydrogens is 542 g/mol. The lowest BCUT2D eigenvalue weighted by Crippen LogP contribution is -2.27. The van der Waals surface area contributed by atoms with Crippen LogP contribution in [-0.4, -0.2) is 30.1 Å². The van der Waals surface area contributed by atoms with Crippen LogP contribution in [0, 0.1) is 5.92 Å². The fraction of sp³-hybridized carbons (Fsp3) is 0.421. The topological polar surface area (TPSA) is 66.2 Å². The molecule has 2 rings (SSSR count). The van der Waals surface area contributed by atoms with Crippen LogP contribution in [-0.2, 0) is 0 Å². The number of furan rings is 1. The van der Waals surface area contributed by atoms with Gasteiger partial charge in [-0.15, -0.1) is 0 Å². The average molecular weight is 598 g/mol.